The summed E-state index contributed by atoms with van der Waals surface area (Å²) in [6.45, 7) is 2.41. The predicted octanol–water partition coefficient (Wildman–Crippen LogP) is 3.05. The summed E-state index contributed by atoms with van der Waals surface area (Å²) in [7, 11) is 0. The maximum Gasteiger partial charge on any atom is 0.271 e. The van der Waals surface area contributed by atoms with Crippen molar-refractivity contribution in [2.45, 2.75) is 13.5 Å². The fourth-order valence-electron chi connectivity index (χ4n) is 2.30. The number of rotatable bonds is 5. The summed E-state index contributed by atoms with van der Waals surface area (Å²) < 4.78 is 1.71. The van der Waals surface area contributed by atoms with E-state index in [9.17, 15) is 4.79 Å². The Morgan fingerprint density at radius 3 is 2.68 bits per heavy atom. The first kappa shape index (κ1) is 16.9. The number of carbonyl (C=O) groups is 1. The molecule has 2 aromatic heterocycles. The Bertz CT molecular complexity index is 891. The summed E-state index contributed by atoms with van der Waals surface area (Å²) in [5, 5.41) is 8.89. The molecule has 0 fully saturated rings. The Morgan fingerprint density at radius 1 is 1.24 bits per heavy atom. The van der Waals surface area contributed by atoms with Gasteiger partial charge in [0.25, 0.3) is 5.91 Å². The molecule has 0 aliphatic heterocycles. The molecule has 126 valence electrons. The summed E-state index contributed by atoms with van der Waals surface area (Å²) in [5.74, 6) is -0.316. The first-order valence-corrected chi connectivity index (χ1v) is 8.03. The fourth-order valence-corrected chi connectivity index (χ4v) is 2.58. The molecule has 0 saturated heterocycles. The lowest BCUT2D eigenvalue weighted by Crippen LogP contribution is -2.17. The second-order valence-electron chi connectivity index (χ2n) is 5.37. The lowest BCUT2D eigenvalue weighted by atomic mass is 10.2. The van der Waals surface area contributed by atoms with E-state index in [1.807, 2.05) is 37.3 Å². The molecule has 1 aromatic carbocycles. The number of benzene rings is 1. The van der Waals surface area contributed by atoms with E-state index in [0.717, 1.165) is 11.3 Å². The van der Waals surface area contributed by atoms with Crippen molar-refractivity contribution in [2.24, 2.45) is 5.10 Å². The molecule has 0 aliphatic carbocycles. The molecule has 0 atom stereocenters. The molecule has 25 heavy (non-hydrogen) atoms. The van der Waals surface area contributed by atoms with Gasteiger partial charge in [0, 0.05) is 18.0 Å². The van der Waals surface area contributed by atoms with Gasteiger partial charge in [0.1, 0.15) is 5.15 Å². The maximum atomic E-state index is 11.9. The van der Waals surface area contributed by atoms with Gasteiger partial charge < -0.3 is 0 Å². The van der Waals surface area contributed by atoms with Crippen molar-refractivity contribution in [1.29, 1.82) is 0 Å². The highest BCUT2D eigenvalue weighted by atomic mass is 35.5. The van der Waals surface area contributed by atoms with E-state index in [4.69, 9.17) is 11.6 Å². The van der Waals surface area contributed by atoms with Gasteiger partial charge in [-0.25, -0.2) is 10.1 Å². The number of nitrogens with zero attached hydrogens (tertiary/aromatic N) is 4. The van der Waals surface area contributed by atoms with Crippen LogP contribution in [0.5, 0.6) is 0 Å². The van der Waals surface area contributed by atoms with Crippen LogP contribution < -0.4 is 5.43 Å². The maximum absolute atomic E-state index is 11.9. The Kier molecular flexibility index (Phi) is 5.20. The topological polar surface area (TPSA) is 72.2 Å². The van der Waals surface area contributed by atoms with Crippen LogP contribution in [0.4, 0.5) is 0 Å². The molecule has 7 heteroatoms. The number of nitrogens with one attached hydrogen (secondary N) is 1. The van der Waals surface area contributed by atoms with Crippen molar-refractivity contribution in [1.82, 2.24) is 20.2 Å². The Labute approximate surface area is 150 Å². The van der Waals surface area contributed by atoms with Crippen LogP contribution in [0.15, 0.2) is 60.0 Å². The predicted molar refractivity (Wildman–Crippen MR) is 96.8 cm³/mol. The molecule has 1 N–H and O–H groups in total. The molecule has 0 aliphatic rings. The van der Waals surface area contributed by atoms with Crippen molar-refractivity contribution in [3.05, 3.63) is 82.4 Å². The third kappa shape index (κ3) is 4.10. The number of hydrogen-bond acceptors (Lipinski definition) is 4. The number of carbonyl (C=O) groups excluding carboxylic acids is 1. The van der Waals surface area contributed by atoms with Crippen LogP contribution in [-0.2, 0) is 6.54 Å². The van der Waals surface area contributed by atoms with Gasteiger partial charge in [-0.3, -0.25) is 9.78 Å². The van der Waals surface area contributed by atoms with E-state index in [-0.39, 0.29) is 5.91 Å². The summed E-state index contributed by atoms with van der Waals surface area (Å²) in [4.78, 5) is 15.8. The largest absolute Gasteiger partial charge is 0.271 e. The molecule has 3 aromatic rings. The van der Waals surface area contributed by atoms with Gasteiger partial charge in [0.2, 0.25) is 0 Å². The zero-order valence-electron chi connectivity index (χ0n) is 13.6. The van der Waals surface area contributed by atoms with Crippen LogP contribution in [-0.4, -0.2) is 26.9 Å². The van der Waals surface area contributed by atoms with E-state index < -0.39 is 0 Å². The van der Waals surface area contributed by atoms with Crippen LogP contribution in [0.25, 0.3) is 0 Å². The van der Waals surface area contributed by atoms with Crippen molar-refractivity contribution in [2.75, 3.05) is 0 Å². The standard InChI is InChI=1S/C18H16ClN5O/c1-13-16(11-21-22-18(25)15-7-9-20-10-8-15)17(19)24(23-13)12-14-5-3-2-4-6-14/h2-11H,12H2,1H3,(H,22,25). The van der Waals surface area contributed by atoms with Crippen LogP contribution in [0.1, 0.15) is 27.2 Å². The second-order valence-corrected chi connectivity index (χ2v) is 5.73. The molecule has 0 unspecified atom stereocenters. The summed E-state index contributed by atoms with van der Waals surface area (Å²) in [6.07, 6.45) is 4.60. The molecule has 0 radical (unpaired) electrons. The molecule has 3 rings (SSSR count). The van der Waals surface area contributed by atoms with Crippen molar-refractivity contribution in [3.8, 4) is 0 Å². The first-order chi connectivity index (χ1) is 12.1. The lowest BCUT2D eigenvalue weighted by Gasteiger charge is -2.03. The average molecular weight is 354 g/mol. The minimum Gasteiger partial charge on any atom is -0.267 e. The molecular weight excluding hydrogens is 338 g/mol. The molecule has 0 saturated carbocycles. The van der Waals surface area contributed by atoms with Crippen molar-refractivity contribution < 1.29 is 4.79 Å². The quantitative estimate of drug-likeness (QED) is 0.566. The van der Waals surface area contributed by atoms with Gasteiger partial charge in [-0.05, 0) is 24.6 Å². The van der Waals surface area contributed by atoms with E-state index in [2.05, 4.69) is 20.6 Å². The number of aryl methyl sites for hydroxylation is 1. The number of amides is 1. The Morgan fingerprint density at radius 2 is 1.96 bits per heavy atom. The lowest BCUT2D eigenvalue weighted by molar-refractivity contribution is 0.0955. The van der Waals surface area contributed by atoms with Crippen molar-refractivity contribution in [3.63, 3.8) is 0 Å². The summed E-state index contributed by atoms with van der Waals surface area (Å²) >= 11 is 6.40. The highest BCUT2D eigenvalue weighted by molar-refractivity contribution is 6.32. The van der Waals surface area contributed by atoms with E-state index in [1.165, 1.54) is 6.21 Å². The summed E-state index contributed by atoms with van der Waals surface area (Å²) in [5.41, 5.74) is 5.46. The third-order valence-electron chi connectivity index (χ3n) is 3.59. The number of aromatic nitrogens is 3. The molecule has 0 bridgehead atoms. The van der Waals surface area contributed by atoms with E-state index in [1.54, 1.807) is 29.2 Å². The van der Waals surface area contributed by atoms with Crippen LogP contribution in [0.2, 0.25) is 5.15 Å². The smallest absolute Gasteiger partial charge is 0.267 e. The van der Waals surface area contributed by atoms with E-state index >= 15 is 0 Å². The highest BCUT2D eigenvalue weighted by Gasteiger charge is 2.12. The SMILES string of the molecule is Cc1nn(Cc2ccccc2)c(Cl)c1C=NNC(=O)c1ccncc1. The van der Waals surface area contributed by atoms with Crippen LogP contribution >= 0.6 is 11.6 Å². The second kappa shape index (κ2) is 7.72. The molecule has 0 spiro atoms. The molecule has 6 nitrogen and oxygen atoms in total. The minimum absolute atomic E-state index is 0.316. The number of halogens is 1. The Balaban J connectivity index is 1.71. The van der Waals surface area contributed by atoms with Gasteiger partial charge in [0.05, 0.1) is 24.0 Å². The van der Waals surface area contributed by atoms with Crippen LogP contribution in [0, 0.1) is 6.92 Å². The average Bonchev–Trinajstić information content (AvgIpc) is 2.90. The van der Waals surface area contributed by atoms with E-state index in [0.29, 0.717) is 22.8 Å². The van der Waals surface area contributed by atoms with Gasteiger partial charge >= 0.3 is 0 Å². The zero-order valence-corrected chi connectivity index (χ0v) is 14.3. The monoisotopic (exact) mass is 353 g/mol. The molecular formula is C18H16ClN5O. The van der Waals surface area contributed by atoms with Crippen LogP contribution in [0.3, 0.4) is 0 Å². The zero-order chi connectivity index (χ0) is 17.6. The highest BCUT2D eigenvalue weighted by Crippen LogP contribution is 2.19. The summed E-state index contributed by atoms with van der Waals surface area (Å²) in [6, 6.07) is 13.1. The van der Waals surface area contributed by atoms with Crippen molar-refractivity contribution >= 4 is 23.7 Å². The first-order valence-electron chi connectivity index (χ1n) is 7.65. The Hall–Kier alpha value is -2.99. The van der Waals surface area contributed by atoms with Gasteiger partial charge in [0.15, 0.2) is 0 Å². The van der Waals surface area contributed by atoms with Gasteiger partial charge in [-0.1, -0.05) is 41.9 Å². The molecule has 2 heterocycles. The minimum atomic E-state index is -0.316. The number of pyridine rings is 1. The fraction of sp³-hybridized carbons (Fsp3) is 0.111. The third-order valence-corrected chi connectivity index (χ3v) is 3.99. The number of hydrogen-bond donors (Lipinski definition) is 1. The molecule has 1 amide bonds. The van der Waals surface area contributed by atoms with Gasteiger partial charge in [-0.15, -0.1) is 0 Å². The van der Waals surface area contributed by atoms with Gasteiger partial charge in [-0.2, -0.15) is 10.2 Å². The normalized spacial score (nSPS) is 11.0. The number of hydrazone groups is 1.